The van der Waals surface area contributed by atoms with E-state index in [4.69, 9.17) is 10.8 Å². The molecule has 0 saturated heterocycles. The molecule has 0 aliphatic heterocycles. The van der Waals surface area contributed by atoms with Crippen molar-refractivity contribution in [3.8, 4) is 11.1 Å². The summed E-state index contributed by atoms with van der Waals surface area (Å²) >= 11 is 0. The van der Waals surface area contributed by atoms with Crippen LogP contribution in [0.3, 0.4) is 0 Å². The van der Waals surface area contributed by atoms with Crippen LogP contribution in [0.15, 0.2) is 133 Å². The second-order valence-electron chi connectivity index (χ2n) is 11.8. The van der Waals surface area contributed by atoms with Crippen LogP contribution in [0.4, 0.5) is 34.1 Å². The van der Waals surface area contributed by atoms with Crippen LogP contribution in [0.25, 0.3) is 17.2 Å². The van der Waals surface area contributed by atoms with Gasteiger partial charge in [0.25, 0.3) is 5.69 Å². The summed E-state index contributed by atoms with van der Waals surface area (Å²) in [4.78, 5) is 44.7. The Kier molecular flexibility index (Phi) is 14.5. The number of carbonyl (C=O) groups is 3. The van der Waals surface area contributed by atoms with Crippen LogP contribution in [0.5, 0.6) is 0 Å². The zero-order valence-corrected chi connectivity index (χ0v) is 36.0. The van der Waals surface area contributed by atoms with Crippen molar-refractivity contribution >= 4 is 89.4 Å². The Morgan fingerprint density at radius 2 is 1.32 bits per heavy atom. The molecule has 0 spiro atoms. The zero-order valence-electron chi connectivity index (χ0n) is 30.4. The van der Waals surface area contributed by atoms with Gasteiger partial charge in [-0.3, -0.25) is 30.6 Å². The van der Waals surface area contributed by atoms with Crippen molar-refractivity contribution in [1.82, 2.24) is 0 Å². The molecule has 0 radical (unpaired) electrons. The Morgan fingerprint density at radius 1 is 0.763 bits per heavy atom. The number of nitrogen functional groups attached to an aromatic ring is 1. The molecule has 20 nitrogen and oxygen atoms in total. The number of fused-ring (bicyclic) bond motifs is 1. The monoisotopic (exact) mass is 856 g/mol. The molecule has 288 valence electrons. The van der Waals surface area contributed by atoms with Gasteiger partial charge < -0.3 is 19.9 Å². The third-order valence-electron chi connectivity index (χ3n) is 8.07. The molecular formula is C35H22N8Na2O12S2. The van der Waals surface area contributed by atoms with Gasteiger partial charge in [0.1, 0.15) is 37.2 Å². The minimum atomic E-state index is -5.44. The zero-order chi connectivity index (χ0) is 41.2. The third kappa shape index (κ3) is 10.6. The molecule has 6 rings (SSSR count). The van der Waals surface area contributed by atoms with E-state index in [1.54, 1.807) is 36.4 Å². The molecule has 0 atom stereocenters. The fraction of sp³-hybridized carbons (Fsp3) is 0. The van der Waals surface area contributed by atoms with E-state index < -0.39 is 86.3 Å². The molecule has 0 saturated carbocycles. The third-order valence-corrected chi connectivity index (χ3v) is 9.77. The van der Waals surface area contributed by atoms with E-state index >= 15 is 0 Å². The molecule has 59 heavy (non-hydrogen) atoms. The van der Waals surface area contributed by atoms with Gasteiger partial charge in [0.05, 0.1) is 48.7 Å². The number of allylic oxidation sites excluding steroid dienone is 4. The van der Waals surface area contributed by atoms with E-state index in [2.05, 4.69) is 31.3 Å². The van der Waals surface area contributed by atoms with Gasteiger partial charge in [-0.05, 0) is 83.5 Å². The minimum Gasteiger partial charge on any atom is -0.744 e. The number of azo groups is 1. The Hall–Kier alpha value is -5.53. The van der Waals surface area contributed by atoms with Gasteiger partial charge in [-0.2, -0.15) is 15.3 Å². The number of ketones is 2. The quantitative estimate of drug-likeness (QED) is 0.0198. The summed E-state index contributed by atoms with van der Waals surface area (Å²) in [5.41, 5.74) is 9.66. The van der Waals surface area contributed by atoms with Gasteiger partial charge in [-0.1, -0.05) is 24.3 Å². The van der Waals surface area contributed by atoms with Crippen LogP contribution in [0, 0.1) is 10.1 Å². The van der Waals surface area contributed by atoms with Gasteiger partial charge >= 0.3 is 65.1 Å². The first kappa shape index (κ1) is 46.2. The fourth-order valence-corrected chi connectivity index (χ4v) is 6.62. The first-order chi connectivity index (χ1) is 26.9. The maximum atomic E-state index is 13.7. The number of benzene rings is 4. The smallest absolute Gasteiger partial charge is 0.744 e. The number of Topliss-reactive ketones (excluding diaryl/α,β-unsaturated/α-hetero) is 1. The first-order valence-corrected chi connectivity index (χ1v) is 18.6. The van der Waals surface area contributed by atoms with E-state index in [9.17, 15) is 50.4 Å². The van der Waals surface area contributed by atoms with Gasteiger partial charge in [0, 0.05) is 12.1 Å². The molecule has 5 N–H and O–H groups in total. The number of carboxylic acid groups (broad SMARTS) is 1. The molecular weight excluding hydrogens is 835 g/mol. The SMILES string of the molecule is Nc1c(N=Nc2ccc([N+](=O)[O-])cc2)c(S(=O)(=O)[O-])cc2c1C(=O)/C(=N/Nc1ccc(-c3ccc(N/N=C4/C=CC(=O)C(C(=O)O)=C4)cc3)cc1)C(S(=O)(=O)[O-])=C2.[Na+].[Na+]. The van der Waals surface area contributed by atoms with Crippen LogP contribution in [0.2, 0.25) is 0 Å². The molecule has 0 heterocycles. The molecule has 24 heteroatoms. The Balaban J connectivity index is 0.00000384. The van der Waals surface area contributed by atoms with Crippen molar-refractivity contribution in [2.45, 2.75) is 4.90 Å². The number of nitrogens with zero attached hydrogens (tertiary/aromatic N) is 5. The summed E-state index contributed by atoms with van der Waals surface area (Å²) in [6, 6.07) is 18.3. The number of nitro benzene ring substituents is 1. The van der Waals surface area contributed by atoms with E-state index in [0.717, 1.165) is 42.0 Å². The number of carboxylic acids is 1. The van der Waals surface area contributed by atoms with E-state index in [1.165, 1.54) is 18.2 Å². The fourth-order valence-electron chi connectivity index (χ4n) is 5.31. The molecule has 0 aromatic heterocycles. The maximum absolute atomic E-state index is 13.7. The number of hydrogen-bond acceptors (Lipinski definition) is 18. The normalized spacial score (nSPS) is 15.2. The number of hydrazone groups is 2. The summed E-state index contributed by atoms with van der Waals surface area (Å²) in [6.45, 7) is 0. The summed E-state index contributed by atoms with van der Waals surface area (Å²) in [5.74, 6) is -3.26. The van der Waals surface area contributed by atoms with Crippen molar-refractivity contribution in [3.63, 3.8) is 0 Å². The number of non-ortho nitro benzene ring substituents is 1. The van der Waals surface area contributed by atoms with Gasteiger partial charge in [0.15, 0.2) is 5.78 Å². The second kappa shape index (κ2) is 18.6. The Bertz CT molecular complexity index is 2820. The van der Waals surface area contributed by atoms with E-state index in [-0.39, 0.29) is 81.9 Å². The van der Waals surface area contributed by atoms with Gasteiger partial charge in [0.2, 0.25) is 5.78 Å². The summed E-state index contributed by atoms with van der Waals surface area (Å²) in [6.07, 6.45) is 4.25. The van der Waals surface area contributed by atoms with Crippen molar-refractivity contribution in [3.05, 3.63) is 129 Å². The predicted octanol–water partition coefficient (Wildman–Crippen LogP) is -1.36. The number of aliphatic carboxylic acids is 1. The predicted molar refractivity (Wildman–Crippen MR) is 202 cm³/mol. The summed E-state index contributed by atoms with van der Waals surface area (Å²) < 4.78 is 73.5. The number of nitro groups is 1. The number of nitrogens with two attached hydrogens (primary N) is 1. The molecule has 4 aromatic rings. The molecule has 4 aromatic carbocycles. The van der Waals surface area contributed by atoms with Gasteiger partial charge in [-0.15, -0.1) is 5.11 Å². The summed E-state index contributed by atoms with van der Waals surface area (Å²) in [7, 11) is -10.8. The van der Waals surface area contributed by atoms with Crippen molar-refractivity contribution in [2.75, 3.05) is 16.6 Å². The van der Waals surface area contributed by atoms with Crippen LogP contribution in [-0.4, -0.2) is 64.9 Å². The van der Waals surface area contributed by atoms with Crippen LogP contribution in [0.1, 0.15) is 15.9 Å². The minimum absolute atomic E-state index is 0. The van der Waals surface area contributed by atoms with Crippen LogP contribution >= 0.6 is 0 Å². The standard InChI is InChI=1S/C35H24N8O12S2.2Na/c36-31-30-20(15-28(56(50,51)52)32(31)41-38-23-9-12-25(13-10-23)43(48)49)16-29(57(53,54)55)33(34(30)45)42-39-22-7-3-19(4-8-22)18-1-5-21(6-2-18)37-40-24-11-14-27(44)26(17-24)35(46)47;;/h1-17,37,39H,36H2,(H,46,47)(H,50,51,52)(H,53,54,55);;/q;2*+1/p-2/b40-24-,41-38?,42-33+;;. The number of hydrogen-bond donors (Lipinski definition) is 4. The summed E-state index contributed by atoms with van der Waals surface area (Å²) in [5, 5.41) is 35.6. The second-order valence-corrected chi connectivity index (χ2v) is 14.5. The average molecular weight is 857 g/mol. The average Bonchev–Trinajstić information content (AvgIpc) is 3.16. The molecule has 2 aliphatic carbocycles. The topological polar surface area (TPSA) is 328 Å². The molecule has 0 unspecified atom stereocenters. The van der Waals surface area contributed by atoms with E-state index in [0.29, 0.717) is 23.4 Å². The number of anilines is 3. The Labute approximate surface area is 377 Å². The number of rotatable bonds is 11. The first-order valence-electron chi connectivity index (χ1n) is 15.8. The Morgan fingerprint density at radius 3 is 1.83 bits per heavy atom. The van der Waals surface area contributed by atoms with Crippen molar-refractivity contribution in [2.24, 2.45) is 20.4 Å². The van der Waals surface area contributed by atoms with Gasteiger partial charge in [-0.25, -0.2) is 21.6 Å². The van der Waals surface area contributed by atoms with Crippen LogP contribution in [-0.2, 0) is 29.8 Å². The number of nitrogens with one attached hydrogen (secondary N) is 2. The molecule has 0 bridgehead atoms. The maximum Gasteiger partial charge on any atom is 1.00 e. The molecule has 2 aliphatic rings. The molecule has 0 amide bonds. The number of carbonyl (C=O) groups excluding carboxylic acids is 2. The van der Waals surface area contributed by atoms with Crippen molar-refractivity contribution < 1.29 is 109 Å². The van der Waals surface area contributed by atoms with E-state index in [1.807, 2.05) is 0 Å². The largest absolute Gasteiger partial charge is 1.00 e. The molecule has 0 fully saturated rings. The van der Waals surface area contributed by atoms with Crippen LogP contribution < -0.4 is 75.7 Å². The van der Waals surface area contributed by atoms with Crippen molar-refractivity contribution in [1.29, 1.82) is 0 Å².